The van der Waals surface area contributed by atoms with E-state index in [4.69, 9.17) is 16.0 Å². The lowest BCUT2D eigenvalue weighted by atomic mass is 9.92. The Morgan fingerprint density at radius 1 is 1.09 bits per heavy atom. The molecule has 1 atom stereocenters. The first-order valence-corrected chi connectivity index (χ1v) is 11.9. The van der Waals surface area contributed by atoms with Crippen LogP contribution in [0.25, 0.3) is 0 Å². The molecule has 35 heavy (non-hydrogen) atoms. The molecule has 9 heteroatoms. The van der Waals surface area contributed by atoms with E-state index in [0.717, 1.165) is 37.1 Å². The largest absolute Gasteiger partial charge is 0.352 e. The summed E-state index contributed by atoms with van der Waals surface area (Å²) in [7, 11) is 0. The monoisotopic (exact) mass is 468 g/mol. The molecule has 0 radical (unpaired) electrons. The van der Waals surface area contributed by atoms with E-state index in [1.807, 2.05) is 36.4 Å². The smallest absolute Gasteiger partial charge is 0.251 e. The summed E-state index contributed by atoms with van der Waals surface area (Å²) in [4.78, 5) is 22.8. The molecule has 3 aliphatic rings. The highest BCUT2D eigenvalue weighted by Gasteiger charge is 2.38. The number of rotatable bonds is 5. The number of aliphatic imine (C=N–C) groups is 2. The van der Waals surface area contributed by atoms with Crippen LogP contribution in [-0.2, 0) is 4.79 Å². The molecular weight excluding hydrogens is 440 g/mol. The Labute approximate surface area is 204 Å². The molecule has 0 spiro atoms. The maximum atomic E-state index is 13.2. The number of anilines is 2. The SMILES string of the molecule is N#Cc1ccc(NC(=O)C2CN=C3C(Nc4ccccc4)=CC(=NC4CCC(N)CC4)NN32)cc1. The number of nitrogens with two attached hydrogens (primary N) is 1. The lowest BCUT2D eigenvalue weighted by Gasteiger charge is -2.33. The van der Waals surface area contributed by atoms with Gasteiger partial charge in [-0.3, -0.25) is 25.2 Å². The van der Waals surface area contributed by atoms with E-state index in [1.165, 1.54) is 0 Å². The molecule has 2 heterocycles. The van der Waals surface area contributed by atoms with Crippen LogP contribution in [0.4, 0.5) is 11.4 Å². The number of nitrogens with one attached hydrogen (secondary N) is 3. The third-order valence-electron chi connectivity index (χ3n) is 6.41. The van der Waals surface area contributed by atoms with Crippen LogP contribution in [0.1, 0.15) is 31.2 Å². The number of benzene rings is 2. The number of amidine groups is 2. The molecule has 1 saturated carbocycles. The molecule has 1 aliphatic carbocycles. The summed E-state index contributed by atoms with van der Waals surface area (Å²) in [6.07, 6.45) is 5.78. The fourth-order valence-electron chi connectivity index (χ4n) is 4.50. The number of para-hydroxylation sites is 1. The van der Waals surface area contributed by atoms with E-state index in [1.54, 1.807) is 29.3 Å². The normalized spacial score (nSPS) is 24.5. The van der Waals surface area contributed by atoms with Gasteiger partial charge in [0.25, 0.3) is 5.91 Å². The third-order valence-corrected chi connectivity index (χ3v) is 6.41. The van der Waals surface area contributed by atoms with Crippen molar-refractivity contribution in [2.24, 2.45) is 15.7 Å². The van der Waals surface area contributed by atoms with E-state index in [2.05, 4.69) is 27.1 Å². The van der Waals surface area contributed by atoms with Gasteiger partial charge in [-0.15, -0.1) is 0 Å². The van der Waals surface area contributed by atoms with E-state index in [0.29, 0.717) is 29.5 Å². The van der Waals surface area contributed by atoms with Crippen molar-refractivity contribution in [2.75, 3.05) is 17.2 Å². The van der Waals surface area contributed by atoms with Crippen LogP contribution in [0.2, 0.25) is 0 Å². The summed E-state index contributed by atoms with van der Waals surface area (Å²) >= 11 is 0. The second kappa shape index (κ2) is 9.99. The Morgan fingerprint density at radius 3 is 2.54 bits per heavy atom. The van der Waals surface area contributed by atoms with Crippen LogP contribution in [0.15, 0.2) is 76.4 Å². The zero-order valence-corrected chi connectivity index (χ0v) is 19.3. The number of hydrazine groups is 1. The number of hydrogen-bond donors (Lipinski definition) is 4. The van der Waals surface area contributed by atoms with Crippen molar-refractivity contribution in [1.82, 2.24) is 10.4 Å². The highest BCUT2D eigenvalue weighted by atomic mass is 16.2. The molecule has 1 unspecified atom stereocenters. The number of carbonyl (C=O) groups is 1. The summed E-state index contributed by atoms with van der Waals surface area (Å²) < 4.78 is 0. The van der Waals surface area contributed by atoms with Gasteiger partial charge in [0.2, 0.25) is 0 Å². The van der Waals surface area contributed by atoms with Gasteiger partial charge in [0.15, 0.2) is 11.9 Å². The molecule has 0 bridgehead atoms. The zero-order chi connectivity index (χ0) is 24.2. The standard InChI is InChI=1S/C26H28N8O/c27-15-17-6-10-21(11-7-17)32-26(35)23-16-29-25-22(30-19-4-2-1-3-5-19)14-24(33-34(23)25)31-20-12-8-18(28)9-13-20/h1-7,10-11,14,18,20,23,30H,8-9,12-13,16,28H2,(H,31,33)(H,32,35). The minimum atomic E-state index is -0.549. The third kappa shape index (κ3) is 5.18. The number of hydrogen-bond acceptors (Lipinski definition) is 7. The first kappa shape index (κ1) is 22.6. The summed E-state index contributed by atoms with van der Waals surface area (Å²) in [6, 6.07) is 18.6. The van der Waals surface area contributed by atoms with E-state index >= 15 is 0 Å². The summed E-state index contributed by atoms with van der Waals surface area (Å²) in [5.74, 6) is 1.17. The van der Waals surface area contributed by atoms with Crippen LogP contribution in [-0.4, -0.2) is 47.3 Å². The maximum Gasteiger partial charge on any atom is 0.251 e. The highest BCUT2D eigenvalue weighted by Crippen LogP contribution is 2.24. The first-order chi connectivity index (χ1) is 17.1. The lowest BCUT2D eigenvalue weighted by Crippen LogP contribution is -2.57. The van der Waals surface area contributed by atoms with E-state index < -0.39 is 6.04 Å². The average Bonchev–Trinajstić information content (AvgIpc) is 3.31. The molecule has 1 amide bonds. The van der Waals surface area contributed by atoms with Crippen molar-refractivity contribution in [3.05, 3.63) is 71.9 Å². The number of nitrogens with zero attached hydrogens (tertiary/aromatic N) is 4. The topological polar surface area (TPSA) is 131 Å². The van der Waals surface area contributed by atoms with Crippen molar-refractivity contribution in [3.63, 3.8) is 0 Å². The number of fused-ring (bicyclic) bond motifs is 1. The Balaban J connectivity index is 1.37. The van der Waals surface area contributed by atoms with Crippen molar-refractivity contribution >= 4 is 29.0 Å². The quantitative estimate of drug-likeness (QED) is 0.534. The Bertz CT molecular complexity index is 1200. The molecule has 2 aromatic rings. The fraction of sp³-hybridized carbons (Fsp3) is 0.308. The lowest BCUT2D eigenvalue weighted by molar-refractivity contribution is -0.119. The van der Waals surface area contributed by atoms with Crippen molar-refractivity contribution in [2.45, 2.75) is 43.8 Å². The predicted molar refractivity (Wildman–Crippen MR) is 137 cm³/mol. The van der Waals surface area contributed by atoms with Crippen LogP contribution < -0.4 is 21.8 Å². The van der Waals surface area contributed by atoms with Crippen molar-refractivity contribution in [1.29, 1.82) is 5.26 Å². The fourth-order valence-corrected chi connectivity index (χ4v) is 4.50. The van der Waals surface area contributed by atoms with Crippen LogP contribution in [0, 0.1) is 11.3 Å². The number of amides is 1. The van der Waals surface area contributed by atoms with Gasteiger partial charge in [-0.05, 0) is 62.1 Å². The maximum absolute atomic E-state index is 13.2. The number of nitriles is 1. The van der Waals surface area contributed by atoms with Gasteiger partial charge < -0.3 is 16.4 Å². The molecule has 1 fully saturated rings. The molecule has 178 valence electrons. The Kier molecular flexibility index (Phi) is 6.46. The second-order valence-corrected chi connectivity index (χ2v) is 8.97. The molecule has 0 aromatic heterocycles. The molecule has 2 aliphatic heterocycles. The van der Waals surface area contributed by atoms with Gasteiger partial charge in [-0.2, -0.15) is 5.26 Å². The van der Waals surface area contributed by atoms with Gasteiger partial charge in [0.1, 0.15) is 5.84 Å². The van der Waals surface area contributed by atoms with Crippen molar-refractivity contribution in [3.8, 4) is 6.07 Å². The van der Waals surface area contributed by atoms with Gasteiger partial charge in [-0.25, -0.2) is 0 Å². The molecule has 5 N–H and O–H groups in total. The average molecular weight is 469 g/mol. The summed E-state index contributed by atoms with van der Waals surface area (Å²) in [5, 5.41) is 17.2. The predicted octanol–water partition coefficient (Wildman–Crippen LogP) is 2.76. The highest BCUT2D eigenvalue weighted by molar-refractivity contribution is 6.14. The molecule has 9 nitrogen and oxygen atoms in total. The van der Waals surface area contributed by atoms with Gasteiger partial charge in [-0.1, -0.05) is 18.2 Å². The van der Waals surface area contributed by atoms with Crippen LogP contribution >= 0.6 is 0 Å². The van der Waals surface area contributed by atoms with Crippen LogP contribution in [0.3, 0.4) is 0 Å². The Hall–Kier alpha value is -4.16. The number of carbonyl (C=O) groups excluding carboxylic acids is 1. The van der Waals surface area contributed by atoms with E-state index in [-0.39, 0.29) is 18.0 Å². The van der Waals surface area contributed by atoms with Gasteiger partial charge in [0.05, 0.1) is 29.9 Å². The van der Waals surface area contributed by atoms with Gasteiger partial charge in [0, 0.05) is 23.5 Å². The molecular formula is C26H28N8O. The summed E-state index contributed by atoms with van der Waals surface area (Å²) in [5.41, 5.74) is 12.3. The minimum absolute atomic E-state index is 0.190. The first-order valence-electron chi connectivity index (χ1n) is 11.9. The van der Waals surface area contributed by atoms with E-state index in [9.17, 15) is 4.79 Å². The second-order valence-electron chi connectivity index (χ2n) is 8.97. The minimum Gasteiger partial charge on any atom is -0.352 e. The Morgan fingerprint density at radius 2 is 1.83 bits per heavy atom. The summed E-state index contributed by atoms with van der Waals surface area (Å²) in [6.45, 7) is 0.309. The van der Waals surface area contributed by atoms with Gasteiger partial charge >= 0.3 is 0 Å². The molecule has 0 saturated heterocycles. The van der Waals surface area contributed by atoms with Crippen molar-refractivity contribution < 1.29 is 4.79 Å². The molecule has 5 rings (SSSR count). The zero-order valence-electron chi connectivity index (χ0n) is 19.3. The van der Waals surface area contributed by atoms with Crippen LogP contribution in [0.5, 0.6) is 0 Å². The molecule has 2 aromatic carbocycles.